The van der Waals surface area contributed by atoms with Crippen LogP contribution < -0.4 is 10.1 Å². The van der Waals surface area contributed by atoms with Gasteiger partial charge in [-0.25, -0.2) is 14.8 Å². The molecular formula is C25H26N4O4. The number of benzene rings is 2. The van der Waals surface area contributed by atoms with Gasteiger partial charge in [0.1, 0.15) is 24.5 Å². The molecule has 1 aromatic heterocycles. The number of piperidine rings is 1. The number of para-hydroxylation sites is 1. The van der Waals surface area contributed by atoms with Crippen molar-refractivity contribution in [1.82, 2.24) is 14.9 Å². The van der Waals surface area contributed by atoms with Crippen molar-refractivity contribution in [2.45, 2.75) is 19.4 Å². The molecule has 8 heteroatoms. The van der Waals surface area contributed by atoms with E-state index in [1.165, 1.54) is 6.33 Å². The molecule has 1 saturated heterocycles. The van der Waals surface area contributed by atoms with Crippen molar-refractivity contribution in [3.8, 4) is 17.0 Å². The highest BCUT2D eigenvalue weighted by Gasteiger charge is 2.28. The second kappa shape index (κ2) is 10.6. The molecule has 0 bridgehead atoms. The second-order valence-corrected chi connectivity index (χ2v) is 7.78. The Bertz CT molecular complexity index is 1100. The van der Waals surface area contributed by atoms with Crippen LogP contribution in [0.4, 0.5) is 10.6 Å². The van der Waals surface area contributed by atoms with Gasteiger partial charge in [-0.15, -0.1) is 0 Å². The predicted molar refractivity (Wildman–Crippen MR) is 124 cm³/mol. The maximum absolute atomic E-state index is 12.8. The minimum absolute atomic E-state index is 0.114. The molecule has 4 rings (SSSR count). The summed E-state index contributed by atoms with van der Waals surface area (Å²) in [5, 5.41) is 2.88. The van der Waals surface area contributed by atoms with Crippen LogP contribution in [0.5, 0.6) is 5.75 Å². The number of amides is 2. The lowest BCUT2D eigenvalue weighted by Crippen LogP contribution is -2.41. The van der Waals surface area contributed by atoms with Gasteiger partial charge >= 0.3 is 6.09 Å². The number of nitrogens with zero attached hydrogens (tertiary/aromatic N) is 3. The van der Waals surface area contributed by atoms with Gasteiger partial charge in [0.25, 0.3) is 0 Å². The first-order valence-corrected chi connectivity index (χ1v) is 10.9. The lowest BCUT2D eigenvalue weighted by atomic mass is 9.96. The van der Waals surface area contributed by atoms with E-state index in [9.17, 15) is 9.59 Å². The molecule has 2 amide bonds. The van der Waals surface area contributed by atoms with E-state index in [1.54, 1.807) is 18.1 Å². The molecule has 0 saturated carbocycles. The molecule has 1 aliphatic rings. The highest BCUT2D eigenvalue weighted by atomic mass is 16.6. The summed E-state index contributed by atoms with van der Waals surface area (Å²) in [5.41, 5.74) is 2.42. The Labute approximate surface area is 192 Å². The van der Waals surface area contributed by atoms with Gasteiger partial charge in [-0.2, -0.15) is 0 Å². The maximum Gasteiger partial charge on any atom is 0.410 e. The number of carbonyl (C=O) groups is 2. The van der Waals surface area contributed by atoms with Crippen LogP contribution in [0, 0.1) is 5.92 Å². The molecule has 1 fully saturated rings. The summed E-state index contributed by atoms with van der Waals surface area (Å²) >= 11 is 0. The van der Waals surface area contributed by atoms with Crippen LogP contribution in [0.1, 0.15) is 18.4 Å². The lowest BCUT2D eigenvalue weighted by molar-refractivity contribution is -0.121. The summed E-state index contributed by atoms with van der Waals surface area (Å²) in [5.74, 6) is 0.811. The molecule has 0 unspecified atom stereocenters. The summed E-state index contributed by atoms with van der Waals surface area (Å²) in [6, 6.07) is 18.8. The highest BCUT2D eigenvalue weighted by molar-refractivity contribution is 5.92. The first-order valence-electron chi connectivity index (χ1n) is 10.9. The zero-order valence-corrected chi connectivity index (χ0v) is 18.4. The van der Waals surface area contributed by atoms with E-state index in [0.29, 0.717) is 43.2 Å². The molecule has 8 nitrogen and oxygen atoms in total. The van der Waals surface area contributed by atoms with Gasteiger partial charge in [-0.3, -0.25) is 4.79 Å². The van der Waals surface area contributed by atoms with Crippen molar-refractivity contribution >= 4 is 17.8 Å². The quantitative estimate of drug-likeness (QED) is 0.612. The van der Waals surface area contributed by atoms with E-state index >= 15 is 0 Å². The molecule has 0 aliphatic carbocycles. The maximum atomic E-state index is 12.8. The molecule has 1 N–H and O–H groups in total. The molecular weight excluding hydrogens is 420 g/mol. The number of carbonyl (C=O) groups excluding carboxylic acids is 2. The Morgan fingerprint density at radius 1 is 1.03 bits per heavy atom. The molecule has 33 heavy (non-hydrogen) atoms. The fourth-order valence-corrected chi connectivity index (χ4v) is 3.79. The average Bonchev–Trinajstić information content (AvgIpc) is 2.88. The molecule has 0 atom stereocenters. The van der Waals surface area contributed by atoms with Crippen LogP contribution in [0.2, 0.25) is 0 Å². The minimum atomic E-state index is -0.352. The summed E-state index contributed by atoms with van der Waals surface area (Å²) in [6.07, 6.45) is 2.20. The van der Waals surface area contributed by atoms with Crippen LogP contribution in [-0.4, -0.2) is 47.1 Å². The van der Waals surface area contributed by atoms with Gasteiger partial charge < -0.3 is 19.7 Å². The number of nitrogens with one attached hydrogen (secondary N) is 1. The van der Waals surface area contributed by atoms with Crippen LogP contribution in [0.3, 0.4) is 0 Å². The summed E-state index contributed by atoms with van der Waals surface area (Å²) in [6.45, 7) is 1.19. The zero-order valence-electron chi connectivity index (χ0n) is 18.4. The number of methoxy groups -OCH3 is 1. The largest absolute Gasteiger partial charge is 0.496 e. The van der Waals surface area contributed by atoms with Crippen molar-refractivity contribution in [2.24, 2.45) is 5.92 Å². The van der Waals surface area contributed by atoms with E-state index in [-0.39, 0.29) is 24.5 Å². The fourth-order valence-electron chi connectivity index (χ4n) is 3.79. The van der Waals surface area contributed by atoms with Gasteiger partial charge in [0.05, 0.1) is 12.8 Å². The van der Waals surface area contributed by atoms with Crippen molar-refractivity contribution < 1.29 is 19.1 Å². The van der Waals surface area contributed by atoms with Gasteiger partial charge in [-0.05, 0) is 30.5 Å². The summed E-state index contributed by atoms with van der Waals surface area (Å²) < 4.78 is 10.8. The van der Waals surface area contributed by atoms with Crippen molar-refractivity contribution in [3.05, 3.63) is 72.6 Å². The molecule has 0 spiro atoms. The van der Waals surface area contributed by atoms with Crippen LogP contribution in [-0.2, 0) is 16.1 Å². The Kier molecular flexibility index (Phi) is 7.14. The fraction of sp³-hybridized carbons (Fsp3) is 0.280. The lowest BCUT2D eigenvalue weighted by Gasteiger charge is -2.30. The number of ether oxygens (including phenoxy) is 2. The molecule has 2 heterocycles. The standard InChI is InChI=1S/C25H26N4O4/c1-32-22-10-6-5-9-20(22)21-15-23(27-17-26-21)28-24(30)19-11-13-29(14-12-19)25(31)33-16-18-7-3-2-4-8-18/h2-10,15,17,19H,11-14,16H2,1H3,(H,26,27,28,30). The molecule has 0 radical (unpaired) electrons. The Morgan fingerprint density at radius 2 is 1.76 bits per heavy atom. The van der Waals surface area contributed by atoms with Crippen molar-refractivity contribution in [1.29, 1.82) is 0 Å². The number of aromatic nitrogens is 2. The van der Waals surface area contributed by atoms with E-state index < -0.39 is 0 Å². The Balaban J connectivity index is 1.30. The summed E-state index contributed by atoms with van der Waals surface area (Å²) in [4.78, 5) is 35.3. The number of likely N-dealkylation sites (tertiary alicyclic amines) is 1. The number of anilines is 1. The number of hydrogen-bond acceptors (Lipinski definition) is 6. The van der Waals surface area contributed by atoms with E-state index in [2.05, 4.69) is 15.3 Å². The zero-order chi connectivity index (χ0) is 23.0. The highest BCUT2D eigenvalue weighted by Crippen LogP contribution is 2.29. The monoisotopic (exact) mass is 446 g/mol. The number of hydrogen-bond donors (Lipinski definition) is 1. The summed E-state index contributed by atoms with van der Waals surface area (Å²) in [7, 11) is 1.60. The first kappa shape index (κ1) is 22.3. The van der Waals surface area contributed by atoms with Crippen LogP contribution >= 0.6 is 0 Å². The first-order chi connectivity index (χ1) is 16.1. The van der Waals surface area contributed by atoms with Gasteiger partial charge in [0.2, 0.25) is 5.91 Å². The third-order valence-electron chi connectivity index (χ3n) is 5.63. The smallest absolute Gasteiger partial charge is 0.410 e. The van der Waals surface area contributed by atoms with E-state index in [1.807, 2.05) is 54.6 Å². The third-order valence-corrected chi connectivity index (χ3v) is 5.63. The third kappa shape index (κ3) is 5.65. The van der Waals surface area contributed by atoms with Crippen LogP contribution in [0.15, 0.2) is 67.0 Å². The topological polar surface area (TPSA) is 93.7 Å². The van der Waals surface area contributed by atoms with Crippen molar-refractivity contribution in [2.75, 3.05) is 25.5 Å². The van der Waals surface area contributed by atoms with Gasteiger partial charge in [0, 0.05) is 30.6 Å². The van der Waals surface area contributed by atoms with Crippen LogP contribution in [0.25, 0.3) is 11.3 Å². The Morgan fingerprint density at radius 3 is 2.52 bits per heavy atom. The normalized spacial score (nSPS) is 13.9. The Hall–Kier alpha value is -3.94. The SMILES string of the molecule is COc1ccccc1-c1cc(NC(=O)C2CCN(C(=O)OCc3ccccc3)CC2)ncn1. The van der Waals surface area contributed by atoms with Crippen molar-refractivity contribution in [3.63, 3.8) is 0 Å². The molecule has 2 aromatic carbocycles. The van der Waals surface area contributed by atoms with E-state index in [0.717, 1.165) is 11.1 Å². The van der Waals surface area contributed by atoms with Gasteiger partial charge in [-0.1, -0.05) is 42.5 Å². The molecule has 170 valence electrons. The second-order valence-electron chi connectivity index (χ2n) is 7.78. The number of rotatable bonds is 6. The molecule has 3 aromatic rings. The average molecular weight is 447 g/mol. The minimum Gasteiger partial charge on any atom is -0.496 e. The molecule has 1 aliphatic heterocycles. The predicted octanol–water partition coefficient (Wildman–Crippen LogP) is 4.14. The van der Waals surface area contributed by atoms with Gasteiger partial charge in [0.15, 0.2) is 0 Å². The van der Waals surface area contributed by atoms with E-state index in [4.69, 9.17) is 9.47 Å².